The highest BCUT2D eigenvalue weighted by molar-refractivity contribution is 6.00. The molecule has 0 unspecified atom stereocenters. The highest BCUT2D eigenvalue weighted by atomic mass is 19.4. The predicted octanol–water partition coefficient (Wildman–Crippen LogP) is 8.98. The third kappa shape index (κ3) is 13.9. The van der Waals surface area contributed by atoms with Crippen molar-refractivity contribution in [3.05, 3.63) is 71.3 Å². The van der Waals surface area contributed by atoms with Gasteiger partial charge in [-0.3, -0.25) is 10.6 Å². The van der Waals surface area contributed by atoms with E-state index >= 15 is 0 Å². The second-order valence-electron chi connectivity index (χ2n) is 17.5. The summed E-state index contributed by atoms with van der Waals surface area (Å²) >= 11 is 0. The molecule has 1 aromatic heterocycles. The molecule has 0 saturated carbocycles. The number of carbonyl (C=O) groups excluding carboxylic acids is 3. The van der Waals surface area contributed by atoms with Crippen LogP contribution in [0.4, 0.5) is 32.3 Å². The Kier molecular flexibility index (Phi) is 14.1. The molecular formula is C43H51F3N8O9. The van der Waals surface area contributed by atoms with Gasteiger partial charge in [0.25, 0.3) is 0 Å². The lowest BCUT2D eigenvalue weighted by Crippen LogP contribution is -2.48. The second-order valence-corrected chi connectivity index (χ2v) is 17.5. The quantitative estimate of drug-likeness (QED) is 0.127. The number of aliphatic imine (C=N–C) groups is 2. The van der Waals surface area contributed by atoms with E-state index in [2.05, 4.69) is 30.8 Å². The van der Waals surface area contributed by atoms with E-state index in [9.17, 15) is 37.5 Å². The summed E-state index contributed by atoms with van der Waals surface area (Å²) in [5.74, 6) is -0.625. The van der Waals surface area contributed by atoms with Gasteiger partial charge in [-0.25, -0.2) is 19.2 Å². The Labute approximate surface area is 362 Å². The monoisotopic (exact) mass is 880 g/mol. The molecule has 2 aliphatic heterocycles. The molecule has 338 valence electrons. The largest absolute Gasteiger partial charge is 0.465 e. The Bertz CT molecular complexity index is 2330. The number of guanidine groups is 2. The third-order valence-corrected chi connectivity index (χ3v) is 8.88. The van der Waals surface area contributed by atoms with Crippen LogP contribution in [0.15, 0.2) is 69.0 Å². The number of rotatable bonds is 4. The van der Waals surface area contributed by atoms with E-state index < -0.39 is 52.9 Å². The van der Waals surface area contributed by atoms with Crippen LogP contribution in [-0.4, -0.2) is 104 Å². The molecule has 5 rings (SSSR count). The maximum Gasteiger partial charge on any atom is 0.437 e. The number of nitrogens with one attached hydrogen (secondary N) is 2. The minimum Gasteiger partial charge on any atom is -0.465 e. The van der Waals surface area contributed by atoms with Gasteiger partial charge in [0.1, 0.15) is 16.8 Å². The van der Waals surface area contributed by atoms with Crippen molar-refractivity contribution in [3.63, 3.8) is 0 Å². The molecule has 0 bridgehead atoms. The second kappa shape index (κ2) is 18.7. The number of halogens is 3. The summed E-state index contributed by atoms with van der Waals surface area (Å²) in [6.07, 6.45) is -4.65. The third-order valence-electron chi connectivity index (χ3n) is 8.88. The Balaban J connectivity index is 1.31. The molecule has 0 fully saturated rings. The molecule has 3 aromatic rings. The molecule has 3 heterocycles. The van der Waals surface area contributed by atoms with Crippen molar-refractivity contribution >= 4 is 47.4 Å². The summed E-state index contributed by atoms with van der Waals surface area (Å²) in [6, 6.07) is 10.8. The van der Waals surface area contributed by atoms with Crippen LogP contribution in [0.5, 0.6) is 0 Å². The first-order chi connectivity index (χ1) is 29.2. The number of nitrogens with zero attached hydrogens (tertiary/aromatic N) is 6. The predicted molar refractivity (Wildman–Crippen MR) is 226 cm³/mol. The Hall–Kier alpha value is -6.73. The van der Waals surface area contributed by atoms with Crippen LogP contribution in [0.25, 0.3) is 34.1 Å². The lowest BCUT2D eigenvalue weighted by atomic mass is 9.95. The van der Waals surface area contributed by atoms with Gasteiger partial charge in [0.15, 0.2) is 0 Å². The molecule has 0 saturated heterocycles. The van der Waals surface area contributed by atoms with Crippen molar-refractivity contribution < 1.29 is 56.1 Å². The maximum atomic E-state index is 14.6. The molecule has 2 aliphatic rings. The van der Waals surface area contributed by atoms with E-state index in [0.29, 0.717) is 29.7 Å². The van der Waals surface area contributed by atoms with Gasteiger partial charge in [0, 0.05) is 31.7 Å². The van der Waals surface area contributed by atoms with Crippen molar-refractivity contribution in [2.45, 2.75) is 98.1 Å². The number of amides is 4. The molecule has 0 aliphatic carbocycles. The molecule has 20 heteroatoms. The Morgan fingerprint density at radius 1 is 0.667 bits per heavy atom. The number of alkyl halides is 3. The molecule has 0 spiro atoms. The van der Waals surface area contributed by atoms with Gasteiger partial charge in [0.2, 0.25) is 23.7 Å². The van der Waals surface area contributed by atoms with E-state index in [4.69, 9.17) is 18.6 Å². The molecule has 2 aromatic carbocycles. The lowest BCUT2D eigenvalue weighted by Gasteiger charge is -2.30. The number of benzene rings is 2. The van der Waals surface area contributed by atoms with Gasteiger partial charge in [-0.2, -0.15) is 13.2 Å². The molecular weight excluding hydrogens is 830 g/mol. The van der Waals surface area contributed by atoms with Crippen molar-refractivity contribution in [2.75, 3.05) is 26.2 Å². The zero-order valence-electron chi connectivity index (χ0n) is 36.5. The van der Waals surface area contributed by atoms with Crippen molar-refractivity contribution in [3.8, 4) is 22.9 Å². The number of hydrogen-bond donors (Lipinski definition) is 3. The molecule has 3 N–H and O–H groups in total. The first-order valence-electron chi connectivity index (χ1n) is 19.9. The van der Waals surface area contributed by atoms with E-state index in [-0.39, 0.29) is 55.3 Å². The molecule has 17 nitrogen and oxygen atoms in total. The normalized spacial score (nSPS) is 15.6. The van der Waals surface area contributed by atoms with Crippen LogP contribution in [0.3, 0.4) is 0 Å². The van der Waals surface area contributed by atoms with E-state index in [1.54, 1.807) is 102 Å². The molecule has 63 heavy (non-hydrogen) atoms. The number of carbonyl (C=O) groups is 4. The first kappa shape index (κ1) is 47.3. The van der Waals surface area contributed by atoms with E-state index in [1.807, 2.05) is 6.08 Å². The summed E-state index contributed by atoms with van der Waals surface area (Å²) in [5.41, 5.74) is -0.691. The van der Waals surface area contributed by atoms with Gasteiger partial charge >= 0.3 is 30.5 Å². The van der Waals surface area contributed by atoms with Gasteiger partial charge < -0.3 is 33.5 Å². The number of hydrogen-bond acceptors (Lipinski definition) is 10. The topological polar surface area (TPSA) is 210 Å². The van der Waals surface area contributed by atoms with Gasteiger partial charge in [-0.05, 0) is 122 Å². The molecule has 0 radical (unpaired) electrons. The van der Waals surface area contributed by atoms with Crippen LogP contribution >= 0.6 is 0 Å². The van der Waals surface area contributed by atoms with Crippen molar-refractivity contribution in [2.24, 2.45) is 9.98 Å². The first-order valence-corrected chi connectivity index (χ1v) is 19.9. The minimum absolute atomic E-state index is 0.000729. The lowest BCUT2D eigenvalue weighted by molar-refractivity contribution is -0.137. The Morgan fingerprint density at radius 3 is 1.59 bits per heavy atom. The summed E-state index contributed by atoms with van der Waals surface area (Å²) in [7, 11) is 0. The average molecular weight is 881 g/mol. The van der Waals surface area contributed by atoms with Crippen LogP contribution < -0.4 is 10.6 Å². The highest BCUT2D eigenvalue weighted by Crippen LogP contribution is 2.40. The van der Waals surface area contributed by atoms with Crippen molar-refractivity contribution in [1.82, 2.24) is 30.6 Å². The summed E-state index contributed by atoms with van der Waals surface area (Å²) in [4.78, 5) is 59.9. The molecule has 0 atom stereocenters. The fourth-order valence-electron chi connectivity index (χ4n) is 6.28. The maximum absolute atomic E-state index is 14.6. The zero-order valence-corrected chi connectivity index (χ0v) is 36.5. The average Bonchev–Trinajstić information content (AvgIpc) is 3.65. The fourth-order valence-corrected chi connectivity index (χ4v) is 6.28. The number of carboxylic acid groups (broad SMARTS) is 1. The van der Waals surface area contributed by atoms with Crippen molar-refractivity contribution in [1.29, 1.82) is 0 Å². The van der Waals surface area contributed by atoms with Crippen LogP contribution in [-0.2, 0) is 20.4 Å². The summed E-state index contributed by atoms with van der Waals surface area (Å²) in [6.45, 7) is 15.9. The van der Waals surface area contributed by atoms with Crippen LogP contribution in [0.2, 0.25) is 0 Å². The smallest absolute Gasteiger partial charge is 0.437 e. The highest BCUT2D eigenvalue weighted by Gasteiger charge is 2.36. The standard InChI is InChI=1S/C43H51F3N8O9/c1-40(2,3)61-37(57)48-34(47-36(55)56)53-20-16-26(17-21-53)25-10-12-28(13-11-25)32-51-52-33(60-32)30-15-14-29(24-31(30)43(44,45)46)27-18-22-54(23-19-27)35(49-38(58)62-41(4,5)6)50-39(59)63-42(7,8)9/h10-16,18,24H,17,19-23H2,1-9H3,(H,55,56)(H,47,48,57)(H,49,50,58,59). The van der Waals surface area contributed by atoms with Crippen LogP contribution in [0, 0.1) is 0 Å². The zero-order chi connectivity index (χ0) is 46.5. The van der Waals surface area contributed by atoms with E-state index in [1.165, 1.54) is 12.1 Å². The SMILES string of the molecule is CC(C)(C)OC(=O)/N=C(/NC(=O)OC(C)(C)C)N1CC=C(c2ccc(-c3nnc(-c4ccc(C5=CCN(/C(=N/C(=O)OC(C)(C)C)NC(=O)O)CC5)cc4)o3)c(C(F)(F)F)c2)CC1. The summed E-state index contributed by atoms with van der Waals surface area (Å²) in [5, 5.41) is 21.9. The molecule has 4 amide bonds. The van der Waals surface area contributed by atoms with Gasteiger partial charge in [-0.1, -0.05) is 30.4 Å². The fraction of sp³-hybridized carbons (Fsp3) is 0.442. The van der Waals surface area contributed by atoms with Gasteiger partial charge in [0.05, 0.1) is 11.1 Å². The number of aromatic nitrogens is 2. The van der Waals surface area contributed by atoms with Crippen LogP contribution in [0.1, 0.15) is 91.8 Å². The van der Waals surface area contributed by atoms with Gasteiger partial charge in [-0.15, -0.1) is 20.2 Å². The Morgan fingerprint density at radius 2 is 1.13 bits per heavy atom. The number of alkyl carbamates (subject to hydrolysis) is 1. The van der Waals surface area contributed by atoms with E-state index in [0.717, 1.165) is 17.2 Å². The minimum atomic E-state index is -4.79. The number of ether oxygens (including phenoxy) is 3. The summed E-state index contributed by atoms with van der Waals surface area (Å²) < 4.78 is 65.5.